The second-order valence-electron chi connectivity index (χ2n) is 4.05. The highest BCUT2D eigenvalue weighted by Crippen LogP contribution is 2.28. The highest BCUT2D eigenvalue weighted by atomic mass is 35.5. The van der Waals surface area contributed by atoms with Crippen LogP contribution in [0.2, 0.25) is 5.02 Å². The maximum Gasteiger partial charge on any atom is 0.243 e. The maximum atomic E-state index is 6.09. The van der Waals surface area contributed by atoms with Crippen molar-refractivity contribution in [3.8, 4) is 0 Å². The molecule has 1 aromatic carbocycles. The normalized spacial score (nSPS) is 12.6. The highest BCUT2D eigenvalue weighted by molar-refractivity contribution is 7.98. The van der Waals surface area contributed by atoms with Crippen molar-refractivity contribution < 1.29 is 4.52 Å². The first-order chi connectivity index (χ1) is 9.20. The average Bonchev–Trinajstić information content (AvgIpc) is 2.87. The summed E-state index contributed by atoms with van der Waals surface area (Å²) in [6, 6.07) is 7.81. The van der Waals surface area contributed by atoms with Gasteiger partial charge in [-0.3, -0.25) is 0 Å². The van der Waals surface area contributed by atoms with Crippen LogP contribution in [0.5, 0.6) is 0 Å². The Kier molecular flexibility index (Phi) is 5.24. The van der Waals surface area contributed by atoms with Gasteiger partial charge in [-0.05, 0) is 25.6 Å². The lowest BCUT2D eigenvalue weighted by Gasteiger charge is -2.05. The zero-order valence-electron chi connectivity index (χ0n) is 10.9. The maximum absolute atomic E-state index is 6.09. The molecule has 0 radical (unpaired) electrons. The molecular formula is C13H16ClN3OS. The molecule has 1 aromatic heterocycles. The first-order valence-corrected chi connectivity index (χ1v) is 7.50. The first-order valence-electron chi connectivity index (χ1n) is 6.14. The molecule has 6 heteroatoms. The molecule has 0 aliphatic carbocycles. The molecule has 1 unspecified atom stereocenters. The third kappa shape index (κ3) is 3.96. The van der Waals surface area contributed by atoms with E-state index in [-0.39, 0.29) is 6.04 Å². The van der Waals surface area contributed by atoms with Crippen LogP contribution in [0.25, 0.3) is 0 Å². The van der Waals surface area contributed by atoms with Crippen LogP contribution in [-0.4, -0.2) is 16.7 Å². The minimum Gasteiger partial charge on any atom is -0.338 e. The van der Waals surface area contributed by atoms with Gasteiger partial charge in [0.05, 0.1) is 16.8 Å². The number of hydrogen-bond acceptors (Lipinski definition) is 5. The standard InChI is InChI=1S/C13H16ClN3OS/c1-3-15-9(2)13-16-12(17-18-13)8-19-11-7-5-4-6-10(11)14/h4-7,9,15H,3,8H2,1-2H3. The number of aromatic nitrogens is 2. The molecule has 0 saturated carbocycles. The van der Waals surface area contributed by atoms with Crippen LogP contribution in [0.3, 0.4) is 0 Å². The topological polar surface area (TPSA) is 51.0 Å². The van der Waals surface area contributed by atoms with Gasteiger partial charge < -0.3 is 9.84 Å². The lowest BCUT2D eigenvalue weighted by atomic mass is 10.3. The number of nitrogens with zero attached hydrogens (tertiary/aromatic N) is 2. The van der Waals surface area contributed by atoms with E-state index in [2.05, 4.69) is 15.5 Å². The van der Waals surface area contributed by atoms with Gasteiger partial charge in [-0.1, -0.05) is 35.8 Å². The molecular weight excluding hydrogens is 282 g/mol. The Morgan fingerprint density at radius 3 is 2.95 bits per heavy atom. The van der Waals surface area contributed by atoms with Crippen molar-refractivity contribution in [2.75, 3.05) is 6.54 Å². The lowest BCUT2D eigenvalue weighted by Crippen LogP contribution is -2.17. The number of hydrogen-bond donors (Lipinski definition) is 1. The number of benzene rings is 1. The fraction of sp³-hybridized carbons (Fsp3) is 0.385. The summed E-state index contributed by atoms with van der Waals surface area (Å²) in [5.74, 6) is 1.95. The third-order valence-electron chi connectivity index (χ3n) is 2.56. The van der Waals surface area contributed by atoms with E-state index in [0.29, 0.717) is 17.5 Å². The van der Waals surface area contributed by atoms with E-state index in [9.17, 15) is 0 Å². The Hall–Kier alpha value is -1.04. The minimum atomic E-state index is 0.0802. The molecule has 0 aliphatic heterocycles. The van der Waals surface area contributed by atoms with Crippen LogP contribution in [0.4, 0.5) is 0 Å². The van der Waals surface area contributed by atoms with Crippen molar-refractivity contribution in [3.05, 3.63) is 41.0 Å². The van der Waals surface area contributed by atoms with Crippen molar-refractivity contribution in [1.29, 1.82) is 0 Å². The summed E-state index contributed by atoms with van der Waals surface area (Å²) in [5.41, 5.74) is 0. The Morgan fingerprint density at radius 2 is 2.21 bits per heavy atom. The fourth-order valence-corrected chi connectivity index (χ4v) is 2.68. The van der Waals surface area contributed by atoms with Gasteiger partial charge in [0.25, 0.3) is 0 Å². The Balaban J connectivity index is 1.95. The van der Waals surface area contributed by atoms with E-state index in [1.165, 1.54) is 0 Å². The van der Waals surface area contributed by atoms with Gasteiger partial charge in [-0.2, -0.15) is 4.98 Å². The van der Waals surface area contributed by atoms with Crippen LogP contribution in [0.15, 0.2) is 33.7 Å². The van der Waals surface area contributed by atoms with E-state index in [4.69, 9.17) is 16.1 Å². The quantitative estimate of drug-likeness (QED) is 0.824. The van der Waals surface area contributed by atoms with Gasteiger partial charge in [0, 0.05) is 4.90 Å². The molecule has 0 fully saturated rings. The third-order valence-corrected chi connectivity index (χ3v) is 4.07. The van der Waals surface area contributed by atoms with Crippen molar-refractivity contribution in [2.45, 2.75) is 30.5 Å². The van der Waals surface area contributed by atoms with Gasteiger partial charge in [-0.15, -0.1) is 11.8 Å². The first kappa shape index (κ1) is 14.4. The summed E-state index contributed by atoms with van der Waals surface area (Å²) in [6.07, 6.45) is 0. The molecule has 0 spiro atoms. The smallest absolute Gasteiger partial charge is 0.243 e. The van der Waals surface area contributed by atoms with Crippen molar-refractivity contribution in [3.63, 3.8) is 0 Å². The summed E-state index contributed by atoms with van der Waals surface area (Å²) in [4.78, 5) is 5.39. The van der Waals surface area contributed by atoms with E-state index >= 15 is 0 Å². The molecule has 102 valence electrons. The number of halogens is 1. The van der Waals surface area contributed by atoms with E-state index in [0.717, 1.165) is 16.5 Å². The largest absolute Gasteiger partial charge is 0.338 e. The summed E-state index contributed by atoms with van der Waals surface area (Å²) in [7, 11) is 0. The monoisotopic (exact) mass is 297 g/mol. The van der Waals surface area contributed by atoms with Crippen molar-refractivity contribution in [2.24, 2.45) is 0 Å². The molecule has 1 N–H and O–H groups in total. The van der Waals surface area contributed by atoms with Gasteiger partial charge >= 0.3 is 0 Å². The summed E-state index contributed by atoms with van der Waals surface area (Å²) in [5, 5.41) is 7.96. The van der Waals surface area contributed by atoms with Crippen LogP contribution >= 0.6 is 23.4 Å². The Morgan fingerprint density at radius 1 is 1.42 bits per heavy atom. The molecule has 0 bridgehead atoms. The molecule has 1 heterocycles. The van der Waals surface area contributed by atoms with Gasteiger partial charge in [0.1, 0.15) is 0 Å². The average molecular weight is 298 g/mol. The van der Waals surface area contributed by atoms with E-state index in [1.807, 2.05) is 38.1 Å². The predicted molar refractivity (Wildman–Crippen MR) is 77.4 cm³/mol. The van der Waals surface area contributed by atoms with Crippen LogP contribution < -0.4 is 5.32 Å². The Bertz CT molecular complexity index is 532. The van der Waals surface area contributed by atoms with Crippen molar-refractivity contribution in [1.82, 2.24) is 15.5 Å². The van der Waals surface area contributed by atoms with Crippen LogP contribution in [-0.2, 0) is 5.75 Å². The number of rotatable bonds is 6. The molecule has 2 aromatic rings. The lowest BCUT2D eigenvalue weighted by molar-refractivity contribution is 0.339. The number of thioether (sulfide) groups is 1. The van der Waals surface area contributed by atoms with Gasteiger partial charge in [0.2, 0.25) is 5.89 Å². The van der Waals surface area contributed by atoms with E-state index in [1.54, 1.807) is 11.8 Å². The van der Waals surface area contributed by atoms with Crippen LogP contribution in [0, 0.1) is 0 Å². The zero-order chi connectivity index (χ0) is 13.7. The second kappa shape index (κ2) is 6.93. The minimum absolute atomic E-state index is 0.0802. The summed E-state index contributed by atoms with van der Waals surface area (Å²) in [6.45, 7) is 4.91. The molecule has 1 atom stereocenters. The predicted octanol–water partition coefficient (Wildman–Crippen LogP) is 3.69. The van der Waals surface area contributed by atoms with Gasteiger partial charge in [0.15, 0.2) is 5.82 Å². The van der Waals surface area contributed by atoms with Crippen molar-refractivity contribution >= 4 is 23.4 Å². The summed E-state index contributed by atoms with van der Waals surface area (Å²) < 4.78 is 5.23. The fourth-order valence-electron chi connectivity index (χ4n) is 1.60. The molecule has 4 nitrogen and oxygen atoms in total. The summed E-state index contributed by atoms with van der Waals surface area (Å²) >= 11 is 7.69. The second-order valence-corrected chi connectivity index (χ2v) is 5.47. The molecule has 2 rings (SSSR count). The molecule has 19 heavy (non-hydrogen) atoms. The molecule has 0 saturated heterocycles. The zero-order valence-corrected chi connectivity index (χ0v) is 12.5. The number of nitrogens with one attached hydrogen (secondary N) is 1. The Labute approximate surface area is 121 Å². The highest BCUT2D eigenvalue weighted by Gasteiger charge is 2.13. The van der Waals surface area contributed by atoms with Crippen LogP contribution in [0.1, 0.15) is 31.6 Å². The van der Waals surface area contributed by atoms with Gasteiger partial charge in [-0.25, -0.2) is 0 Å². The molecule has 0 aliphatic rings. The SMILES string of the molecule is CCNC(C)c1nc(CSc2ccccc2Cl)no1. The van der Waals surface area contributed by atoms with E-state index < -0.39 is 0 Å². The molecule has 0 amide bonds.